The molecule has 2 atom stereocenters. The van der Waals surface area contributed by atoms with Gasteiger partial charge in [0.05, 0.1) is 6.04 Å². The van der Waals surface area contributed by atoms with E-state index >= 15 is 0 Å². The van der Waals surface area contributed by atoms with Gasteiger partial charge >= 0.3 is 6.09 Å². The molecular formula is C20H27NO3Si. The van der Waals surface area contributed by atoms with Gasteiger partial charge in [0.2, 0.25) is 5.91 Å². The van der Waals surface area contributed by atoms with Crippen LogP contribution < -0.4 is 0 Å². The van der Waals surface area contributed by atoms with Gasteiger partial charge in [0.15, 0.2) is 0 Å². The Morgan fingerprint density at radius 2 is 2.00 bits per heavy atom. The summed E-state index contributed by atoms with van der Waals surface area (Å²) >= 11 is 0. The molecule has 1 aromatic carbocycles. The molecule has 0 unspecified atom stereocenters. The standard InChI is InChI=1S/C20H27NO3Si/c1-16(10-8-9-13-25(2,3)4)19(22)21-18(15-24-20(21)23)14-17-11-6-5-7-12-17/h5-7,11-12,16,18H,8,10,14-15H2,1-4H3/t16-,18-/m0/s1. The topological polar surface area (TPSA) is 46.6 Å². The van der Waals surface area contributed by atoms with Gasteiger partial charge in [-0.3, -0.25) is 4.79 Å². The zero-order chi connectivity index (χ0) is 18.4. The summed E-state index contributed by atoms with van der Waals surface area (Å²) in [6.45, 7) is 8.72. The van der Waals surface area contributed by atoms with Gasteiger partial charge in [-0.05, 0) is 18.4 Å². The van der Waals surface area contributed by atoms with Crippen LogP contribution >= 0.6 is 0 Å². The number of nitrogens with zero attached hydrogens (tertiary/aromatic N) is 1. The highest BCUT2D eigenvalue weighted by Crippen LogP contribution is 2.21. The molecule has 0 aliphatic carbocycles. The van der Waals surface area contributed by atoms with E-state index < -0.39 is 14.2 Å². The van der Waals surface area contributed by atoms with Crippen molar-refractivity contribution < 1.29 is 14.3 Å². The van der Waals surface area contributed by atoms with Gasteiger partial charge in [-0.25, -0.2) is 9.69 Å². The smallest absolute Gasteiger partial charge is 0.416 e. The van der Waals surface area contributed by atoms with Crippen molar-refractivity contribution in [1.29, 1.82) is 0 Å². The molecule has 134 valence electrons. The van der Waals surface area contributed by atoms with Crippen LogP contribution in [0, 0.1) is 17.4 Å². The average Bonchev–Trinajstić information content (AvgIpc) is 2.91. The van der Waals surface area contributed by atoms with E-state index in [4.69, 9.17) is 4.74 Å². The number of imide groups is 1. The summed E-state index contributed by atoms with van der Waals surface area (Å²) in [5.41, 5.74) is 4.40. The molecule has 1 heterocycles. The highest BCUT2D eigenvalue weighted by molar-refractivity contribution is 6.83. The second-order valence-electron chi connectivity index (χ2n) is 7.62. The molecule has 0 bridgehead atoms. The highest BCUT2D eigenvalue weighted by atomic mass is 28.3. The fraction of sp³-hybridized carbons (Fsp3) is 0.500. The van der Waals surface area contributed by atoms with E-state index in [0.717, 1.165) is 5.56 Å². The van der Waals surface area contributed by atoms with Crippen molar-refractivity contribution >= 4 is 20.1 Å². The van der Waals surface area contributed by atoms with Gasteiger partial charge in [0, 0.05) is 12.3 Å². The monoisotopic (exact) mass is 357 g/mol. The molecule has 0 saturated carbocycles. The fourth-order valence-corrected chi connectivity index (χ4v) is 3.40. The van der Waals surface area contributed by atoms with E-state index in [1.54, 1.807) is 0 Å². The van der Waals surface area contributed by atoms with Crippen LogP contribution in [0.3, 0.4) is 0 Å². The Balaban J connectivity index is 1.97. The predicted molar refractivity (Wildman–Crippen MR) is 102 cm³/mol. The second kappa shape index (κ2) is 8.35. The van der Waals surface area contributed by atoms with Crippen molar-refractivity contribution in [2.75, 3.05) is 6.61 Å². The highest BCUT2D eigenvalue weighted by Gasteiger charge is 2.39. The molecule has 0 radical (unpaired) electrons. The normalized spacial score (nSPS) is 18.3. The van der Waals surface area contributed by atoms with Crippen molar-refractivity contribution in [3.63, 3.8) is 0 Å². The van der Waals surface area contributed by atoms with E-state index in [0.29, 0.717) is 19.3 Å². The Labute approximate surface area is 151 Å². The number of benzene rings is 1. The predicted octanol–water partition coefficient (Wildman–Crippen LogP) is 3.87. The summed E-state index contributed by atoms with van der Waals surface area (Å²) in [5, 5.41) is 0. The van der Waals surface area contributed by atoms with Crippen molar-refractivity contribution in [3.05, 3.63) is 35.9 Å². The van der Waals surface area contributed by atoms with Crippen LogP contribution in [-0.2, 0) is 16.0 Å². The van der Waals surface area contributed by atoms with Gasteiger partial charge in [-0.15, -0.1) is 11.5 Å². The first-order valence-electron chi connectivity index (χ1n) is 8.82. The number of cyclic esters (lactones) is 1. The summed E-state index contributed by atoms with van der Waals surface area (Å²) < 4.78 is 5.14. The Morgan fingerprint density at radius 1 is 1.32 bits per heavy atom. The van der Waals surface area contributed by atoms with E-state index in [9.17, 15) is 9.59 Å². The molecule has 1 fully saturated rings. The molecule has 1 aromatic rings. The lowest BCUT2D eigenvalue weighted by Gasteiger charge is -2.22. The maximum absolute atomic E-state index is 12.7. The van der Waals surface area contributed by atoms with Crippen LogP contribution in [0.2, 0.25) is 19.6 Å². The Hall–Kier alpha value is -2.06. The zero-order valence-corrected chi connectivity index (χ0v) is 16.5. The number of hydrogen-bond donors (Lipinski definition) is 0. The summed E-state index contributed by atoms with van der Waals surface area (Å²) in [7, 11) is -1.38. The van der Waals surface area contributed by atoms with Gasteiger partial charge < -0.3 is 4.74 Å². The second-order valence-corrected chi connectivity index (χ2v) is 12.4. The van der Waals surface area contributed by atoms with Crippen molar-refractivity contribution in [1.82, 2.24) is 4.90 Å². The third-order valence-electron chi connectivity index (χ3n) is 4.10. The van der Waals surface area contributed by atoms with Crippen LogP contribution in [0.1, 0.15) is 25.3 Å². The lowest BCUT2D eigenvalue weighted by Crippen LogP contribution is -2.43. The van der Waals surface area contributed by atoms with Crippen LogP contribution in [0.5, 0.6) is 0 Å². The van der Waals surface area contributed by atoms with E-state index in [2.05, 4.69) is 31.1 Å². The van der Waals surface area contributed by atoms with Crippen molar-refractivity contribution in [3.8, 4) is 11.5 Å². The largest absolute Gasteiger partial charge is 0.447 e. The fourth-order valence-electron chi connectivity index (χ4n) is 2.74. The maximum Gasteiger partial charge on any atom is 0.416 e. The molecule has 0 spiro atoms. The van der Waals surface area contributed by atoms with E-state index in [-0.39, 0.29) is 24.5 Å². The molecule has 2 amide bonds. The van der Waals surface area contributed by atoms with Crippen LogP contribution in [-0.4, -0.2) is 37.6 Å². The quantitative estimate of drug-likeness (QED) is 0.593. The molecule has 2 rings (SSSR count). The van der Waals surface area contributed by atoms with Gasteiger partial charge in [-0.1, -0.05) is 56.9 Å². The molecule has 1 aliphatic heterocycles. The summed E-state index contributed by atoms with van der Waals surface area (Å²) in [6.07, 6.45) is 1.45. The summed E-state index contributed by atoms with van der Waals surface area (Å²) in [4.78, 5) is 26.1. The number of rotatable bonds is 5. The third-order valence-corrected chi connectivity index (χ3v) is 5.03. The Kier molecular flexibility index (Phi) is 6.43. The maximum atomic E-state index is 12.7. The number of hydrogen-bond acceptors (Lipinski definition) is 3. The molecule has 1 saturated heterocycles. The lowest BCUT2D eigenvalue weighted by molar-refractivity contribution is -0.133. The molecule has 25 heavy (non-hydrogen) atoms. The Morgan fingerprint density at radius 3 is 2.64 bits per heavy atom. The van der Waals surface area contributed by atoms with Gasteiger partial charge in [-0.2, -0.15) is 0 Å². The minimum Gasteiger partial charge on any atom is -0.447 e. The summed E-state index contributed by atoms with van der Waals surface area (Å²) in [5.74, 6) is 2.80. The number of carbonyl (C=O) groups excluding carboxylic acids is 2. The molecule has 0 aromatic heterocycles. The van der Waals surface area contributed by atoms with Crippen LogP contribution in [0.4, 0.5) is 4.79 Å². The lowest BCUT2D eigenvalue weighted by atomic mass is 10.0. The molecular weight excluding hydrogens is 330 g/mol. The number of carbonyl (C=O) groups is 2. The minimum atomic E-state index is -1.38. The average molecular weight is 358 g/mol. The van der Waals surface area contributed by atoms with Gasteiger partial charge in [0.1, 0.15) is 14.7 Å². The minimum absolute atomic E-state index is 0.154. The zero-order valence-electron chi connectivity index (χ0n) is 15.5. The number of amides is 2. The van der Waals surface area contributed by atoms with Crippen LogP contribution in [0.15, 0.2) is 30.3 Å². The molecule has 5 heteroatoms. The SMILES string of the molecule is C[C@@H](CCC#C[Si](C)(C)C)C(=O)N1C(=O)OC[C@@H]1Cc1ccccc1. The molecule has 4 nitrogen and oxygen atoms in total. The first kappa shape index (κ1) is 19.3. The number of ether oxygens (including phenoxy) is 1. The Bertz CT molecular complexity index is 670. The van der Waals surface area contributed by atoms with Crippen molar-refractivity contribution in [2.24, 2.45) is 5.92 Å². The van der Waals surface area contributed by atoms with Crippen LogP contribution in [0.25, 0.3) is 0 Å². The molecule has 0 N–H and O–H groups in total. The third kappa shape index (κ3) is 5.75. The van der Waals surface area contributed by atoms with E-state index in [1.165, 1.54) is 4.90 Å². The van der Waals surface area contributed by atoms with Gasteiger partial charge in [0.25, 0.3) is 0 Å². The first-order valence-corrected chi connectivity index (χ1v) is 12.3. The summed E-state index contributed by atoms with van der Waals surface area (Å²) in [6, 6.07) is 9.64. The molecule has 1 aliphatic rings. The first-order chi connectivity index (χ1) is 11.8. The van der Waals surface area contributed by atoms with Crippen molar-refractivity contribution in [2.45, 2.75) is 51.9 Å². The van der Waals surface area contributed by atoms with E-state index in [1.807, 2.05) is 37.3 Å².